The van der Waals surface area contributed by atoms with Crippen molar-refractivity contribution in [2.45, 2.75) is 18.4 Å². The predicted molar refractivity (Wildman–Crippen MR) is 75.0 cm³/mol. The van der Waals surface area contributed by atoms with Gasteiger partial charge < -0.3 is 4.74 Å². The summed E-state index contributed by atoms with van der Waals surface area (Å²) in [7, 11) is 1.60. The van der Waals surface area contributed by atoms with Crippen LogP contribution in [0.5, 0.6) is 5.75 Å². The van der Waals surface area contributed by atoms with Crippen LogP contribution in [0.25, 0.3) is 0 Å². The summed E-state index contributed by atoms with van der Waals surface area (Å²) in [5.74, 6) is 0.779. The van der Waals surface area contributed by atoms with Crippen molar-refractivity contribution in [1.29, 1.82) is 0 Å². The molecule has 0 aliphatic heterocycles. The summed E-state index contributed by atoms with van der Waals surface area (Å²) >= 11 is 0. The number of hydrogen-bond donors (Lipinski definition) is 0. The lowest BCUT2D eigenvalue weighted by molar-refractivity contribution is 0.304. The molecule has 5 heteroatoms. The van der Waals surface area contributed by atoms with E-state index in [-0.39, 0.29) is 4.90 Å². The fourth-order valence-corrected chi connectivity index (χ4v) is 2.49. The average Bonchev–Trinajstić information content (AvgIpc) is 2.37. The minimum atomic E-state index is -3.70. The van der Waals surface area contributed by atoms with Crippen molar-refractivity contribution in [3.63, 3.8) is 0 Å². The normalized spacial score (nSPS) is 11.3. The fourth-order valence-electron chi connectivity index (χ4n) is 1.67. The van der Waals surface area contributed by atoms with E-state index in [1.54, 1.807) is 12.1 Å². The monoisotopic (exact) mass is 296 g/mol. The van der Waals surface area contributed by atoms with E-state index < -0.39 is 9.05 Å². The van der Waals surface area contributed by atoms with Crippen LogP contribution in [-0.2, 0) is 15.7 Å². The summed E-state index contributed by atoms with van der Waals surface area (Å²) in [6.45, 7) is 2.25. The second kappa shape index (κ2) is 5.63. The molecule has 0 bridgehead atoms. The Morgan fingerprint density at radius 2 is 1.84 bits per heavy atom. The first kappa shape index (κ1) is 13.9. The zero-order valence-corrected chi connectivity index (χ0v) is 11.9. The number of para-hydroxylation sites is 1. The number of halogens is 1. The topological polar surface area (TPSA) is 43.4 Å². The summed E-state index contributed by atoms with van der Waals surface area (Å²) < 4.78 is 28.1. The Labute approximate surface area is 117 Å². The van der Waals surface area contributed by atoms with E-state index in [0.717, 1.165) is 16.9 Å². The minimum Gasteiger partial charge on any atom is -0.489 e. The van der Waals surface area contributed by atoms with Gasteiger partial charge in [0.05, 0.1) is 4.90 Å². The molecule has 0 aliphatic carbocycles. The second-order valence-electron chi connectivity index (χ2n) is 4.14. The molecule has 3 nitrogen and oxygen atoms in total. The predicted octanol–water partition coefficient (Wildman–Crippen LogP) is 3.50. The summed E-state index contributed by atoms with van der Waals surface area (Å²) in [5, 5.41) is 0. The van der Waals surface area contributed by atoms with Gasteiger partial charge in [0.1, 0.15) is 12.4 Å². The van der Waals surface area contributed by atoms with Crippen LogP contribution in [0.1, 0.15) is 11.1 Å². The summed E-state index contributed by atoms with van der Waals surface area (Å²) in [5.41, 5.74) is 1.79. The Morgan fingerprint density at radius 3 is 2.53 bits per heavy atom. The highest BCUT2D eigenvalue weighted by atomic mass is 35.7. The number of ether oxygens (including phenoxy) is 1. The number of benzene rings is 2. The third-order valence-electron chi connectivity index (χ3n) is 2.67. The van der Waals surface area contributed by atoms with Gasteiger partial charge in [-0.15, -0.1) is 0 Å². The van der Waals surface area contributed by atoms with Gasteiger partial charge in [-0.2, -0.15) is 0 Å². The highest BCUT2D eigenvalue weighted by Crippen LogP contribution is 2.20. The quantitative estimate of drug-likeness (QED) is 0.811. The van der Waals surface area contributed by atoms with Gasteiger partial charge in [-0.1, -0.05) is 30.3 Å². The van der Waals surface area contributed by atoms with Crippen LogP contribution in [0, 0.1) is 6.92 Å². The molecule has 19 heavy (non-hydrogen) atoms. The largest absolute Gasteiger partial charge is 0.489 e. The molecule has 2 rings (SSSR count). The smallest absolute Gasteiger partial charge is 0.261 e. The first-order chi connectivity index (χ1) is 8.97. The molecular weight excluding hydrogens is 284 g/mol. The SMILES string of the molecule is Cc1ccccc1OCc1cccc(S(=O)(=O)Cl)c1. The van der Waals surface area contributed by atoms with Gasteiger partial charge in [-0.25, -0.2) is 8.42 Å². The number of rotatable bonds is 4. The Balaban J connectivity index is 2.15. The highest BCUT2D eigenvalue weighted by Gasteiger charge is 2.10. The van der Waals surface area contributed by atoms with Crippen LogP contribution in [-0.4, -0.2) is 8.42 Å². The lowest BCUT2D eigenvalue weighted by Gasteiger charge is -2.09. The molecule has 0 saturated heterocycles. The maximum Gasteiger partial charge on any atom is 0.261 e. The second-order valence-corrected chi connectivity index (χ2v) is 6.71. The zero-order chi connectivity index (χ0) is 13.9. The Bertz CT molecular complexity index is 681. The molecule has 0 amide bonds. The zero-order valence-electron chi connectivity index (χ0n) is 10.3. The maximum atomic E-state index is 11.2. The minimum absolute atomic E-state index is 0.0834. The molecule has 0 N–H and O–H groups in total. The molecular formula is C14H13ClO3S. The third-order valence-corrected chi connectivity index (χ3v) is 4.02. The van der Waals surface area contributed by atoms with Crippen molar-refractivity contribution in [3.05, 3.63) is 59.7 Å². The van der Waals surface area contributed by atoms with E-state index in [9.17, 15) is 8.42 Å². The van der Waals surface area contributed by atoms with Gasteiger partial charge in [0.2, 0.25) is 0 Å². The molecule has 0 radical (unpaired) electrons. The van der Waals surface area contributed by atoms with Crippen molar-refractivity contribution in [1.82, 2.24) is 0 Å². The molecule has 0 atom stereocenters. The van der Waals surface area contributed by atoms with Crippen molar-refractivity contribution < 1.29 is 13.2 Å². The summed E-state index contributed by atoms with van der Waals surface area (Å²) in [6, 6.07) is 14.1. The maximum absolute atomic E-state index is 11.2. The molecule has 0 aliphatic rings. The lowest BCUT2D eigenvalue weighted by Crippen LogP contribution is -1.98. The van der Waals surface area contributed by atoms with Crippen LogP contribution in [0.4, 0.5) is 0 Å². The number of hydrogen-bond acceptors (Lipinski definition) is 3. The average molecular weight is 297 g/mol. The van der Waals surface area contributed by atoms with Crippen LogP contribution < -0.4 is 4.74 Å². The molecule has 0 aromatic heterocycles. The van der Waals surface area contributed by atoms with Crippen molar-refractivity contribution >= 4 is 19.7 Å². The highest BCUT2D eigenvalue weighted by molar-refractivity contribution is 8.13. The molecule has 2 aromatic carbocycles. The molecule has 0 saturated carbocycles. The van der Waals surface area contributed by atoms with Crippen molar-refractivity contribution in [2.24, 2.45) is 0 Å². The molecule has 0 heterocycles. The lowest BCUT2D eigenvalue weighted by atomic mass is 10.2. The molecule has 0 fully saturated rings. The van der Waals surface area contributed by atoms with Crippen LogP contribution >= 0.6 is 10.7 Å². The standard InChI is InChI=1S/C14H13ClO3S/c1-11-5-2-3-8-14(11)18-10-12-6-4-7-13(9-12)19(15,16)17/h2-9H,10H2,1H3. The third kappa shape index (κ3) is 3.72. The molecule has 100 valence electrons. The van der Waals surface area contributed by atoms with Gasteiger partial charge in [0, 0.05) is 10.7 Å². The van der Waals surface area contributed by atoms with Gasteiger partial charge in [-0.05, 0) is 36.2 Å². The van der Waals surface area contributed by atoms with E-state index in [1.165, 1.54) is 12.1 Å². The van der Waals surface area contributed by atoms with E-state index >= 15 is 0 Å². The van der Waals surface area contributed by atoms with E-state index in [2.05, 4.69) is 0 Å². The van der Waals surface area contributed by atoms with Gasteiger partial charge in [-0.3, -0.25) is 0 Å². The number of aryl methyl sites for hydroxylation is 1. The van der Waals surface area contributed by atoms with Crippen LogP contribution in [0.3, 0.4) is 0 Å². The van der Waals surface area contributed by atoms with Gasteiger partial charge >= 0.3 is 0 Å². The Hall–Kier alpha value is -1.52. The van der Waals surface area contributed by atoms with Crippen LogP contribution in [0.2, 0.25) is 0 Å². The van der Waals surface area contributed by atoms with Gasteiger partial charge in [0.15, 0.2) is 0 Å². The molecule has 0 unspecified atom stereocenters. The molecule has 2 aromatic rings. The van der Waals surface area contributed by atoms with Gasteiger partial charge in [0.25, 0.3) is 9.05 Å². The van der Waals surface area contributed by atoms with E-state index in [4.69, 9.17) is 15.4 Å². The van der Waals surface area contributed by atoms with E-state index in [1.807, 2.05) is 31.2 Å². The van der Waals surface area contributed by atoms with Crippen LogP contribution in [0.15, 0.2) is 53.4 Å². The summed E-state index contributed by atoms with van der Waals surface area (Å²) in [4.78, 5) is 0.0834. The Kier molecular flexibility index (Phi) is 4.12. The first-order valence-corrected chi connectivity index (χ1v) is 8.00. The fraction of sp³-hybridized carbons (Fsp3) is 0.143. The summed E-state index contributed by atoms with van der Waals surface area (Å²) in [6.07, 6.45) is 0. The van der Waals surface area contributed by atoms with E-state index in [0.29, 0.717) is 6.61 Å². The first-order valence-electron chi connectivity index (χ1n) is 5.69. The Morgan fingerprint density at radius 1 is 1.11 bits per heavy atom. The molecule has 0 spiro atoms. The van der Waals surface area contributed by atoms with Crippen molar-refractivity contribution in [2.75, 3.05) is 0 Å². The van der Waals surface area contributed by atoms with Crippen molar-refractivity contribution in [3.8, 4) is 5.75 Å².